The van der Waals surface area contributed by atoms with Crippen LogP contribution in [-0.2, 0) is 5.60 Å². The Morgan fingerprint density at radius 1 is 0.941 bits per heavy atom. The number of fused-ring (bicyclic) bond motifs is 1. The van der Waals surface area contributed by atoms with E-state index >= 15 is 0 Å². The summed E-state index contributed by atoms with van der Waals surface area (Å²) in [4.78, 5) is 0. The third-order valence-electron chi connectivity index (χ3n) is 3.31. The third kappa shape index (κ3) is 1.61. The summed E-state index contributed by atoms with van der Waals surface area (Å²) in [6.45, 7) is 0.544. The van der Waals surface area contributed by atoms with Crippen LogP contribution in [0.5, 0.6) is 5.75 Å². The maximum absolute atomic E-state index is 10.9. The fourth-order valence-electron chi connectivity index (χ4n) is 2.39. The van der Waals surface area contributed by atoms with E-state index in [9.17, 15) is 5.11 Å². The molecule has 3 rings (SSSR count). The second-order valence-corrected chi connectivity index (χ2v) is 4.32. The fraction of sp³-hybridized carbons (Fsp3) is 0.200. The average Bonchev–Trinajstić information content (AvgIpc) is 2.40. The lowest BCUT2D eigenvalue weighted by Crippen LogP contribution is -2.33. The fourth-order valence-corrected chi connectivity index (χ4v) is 2.39. The van der Waals surface area contributed by atoms with Gasteiger partial charge in [0.1, 0.15) is 11.4 Å². The molecule has 2 aromatic rings. The second-order valence-electron chi connectivity index (χ2n) is 4.32. The van der Waals surface area contributed by atoms with Crippen molar-refractivity contribution in [1.82, 2.24) is 0 Å². The Balaban J connectivity index is 2.16. The Bertz CT molecular complexity index is 521. The number of ether oxygens (including phenoxy) is 1. The van der Waals surface area contributed by atoms with Crippen molar-refractivity contribution in [1.29, 1.82) is 0 Å². The van der Waals surface area contributed by atoms with Crippen LogP contribution >= 0.6 is 0 Å². The largest absolute Gasteiger partial charge is 0.493 e. The summed E-state index contributed by atoms with van der Waals surface area (Å²) in [5, 5.41) is 10.9. The number of hydrogen-bond donors (Lipinski definition) is 1. The van der Waals surface area contributed by atoms with Gasteiger partial charge < -0.3 is 9.84 Å². The minimum absolute atomic E-state index is 0.544. The zero-order valence-electron chi connectivity index (χ0n) is 9.47. The Morgan fingerprint density at radius 3 is 2.47 bits per heavy atom. The van der Waals surface area contributed by atoms with E-state index in [0.29, 0.717) is 13.0 Å². The molecule has 0 bridgehead atoms. The maximum atomic E-state index is 10.9. The first-order valence-electron chi connectivity index (χ1n) is 5.81. The lowest BCUT2D eigenvalue weighted by atomic mass is 9.82. The number of hydrogen-bond acceptors (Lipinski definition) is 2. The van der Waals surface area contributed by atoms with E-state index in [-0.39, 0.29) is 0 Å². The van der Waals surface area contributed by atoms with Gasteiger partial charge >= 0.3 is 0 Å². The molecule has 1 atom stereocenters. The highest BCUT2D eigenvalue weighted by Crippen LogP contribution is 2.41. The smallest absolute Gasteiger partial charge is 0.125 e. The van der Waals surface area contributed by atoms with Crippen molar-refractivity contribution >= 4 is 0 Å². The molecule has 2 heteroatoms. The normalized spacial score (nSPS) is 22.6. The zero-order valence-corrected chi connectivity index (χ0v) is 9.47. The van der Waals surface area contributed by atoms with Crippen molar-refractivity contribution in [3.63, 3.8) is 0 Å². The summed E-state index contributed by atoms with van der Waals surface area (Å²) in [5.74, 6) is 0.783. The molecule has 0 fully saturated rings. The number of benzene rings is 2. The molecule has 0 spiro atoms. The lowest BCUT2D eigenvalue weighted by Gasteiger charge is -2.34. The van der Waals surface area contributed by atoms with Gasteiger partial charge in [0, 0.05) is 12.0 Å². The highest BCUT2D eigenvalue weighted by atomic mass is 16.5. The molecule has 17 heavy (non-hydrogen) atoms. The first-order valence-corrected chi connectivity index (χ1v) is 5.81. The second kappa shape index (κ2) is 3.90. The average molecular weight is 226 g/mol. The van der Waals surface area contributed by atoms with Crippen LogP contribution in [0, 0.1) is 0 Å². The van der Waals surface area contributed by atoms with Gasteiger partial charge in [-0.05, 0) is 11.6 Å². The summed E-state index contributed by atoms with van der Waals surface area (Å²) in [7, 11) is 0. The van der Waals surface area contributed by atoms with E-state index in [2.05, 4.69) is 0 Å². The van der Waals surface area contributed by atoms with Crippen molar-refractivity contribution in [2.24, 2.45) is 0 Å². The molecule has 0 amide bonds. The van der Waals surface area contributed by atoms with Gasteiger partial charge in [-0.2, -0.15) is 0 Å². The molecular formula is C15H14O2. The van der Waals surface area contributed by atoms with Crippen molar-refractivity contribution in [3.8, 4) is 5.75 Å². The molecule has 0 saturated heterocycles. The molecule has 0 radical (unpaired) electrons. The Hall–Kier alpha value is -1.80. The summed E-state index contributed by atoms with van der Waals surface area (Å²) < 4.78 is 5.58. The first kappa shape index (κ1) is 10.4. The van der Waals surface area contributed by atoms with Crippen molar-refractivity contribution in [2.45, 2.75) is 12.0 Å². The molecule has 1 aliphatic heterocycles. The van der Waals surface area contributed by atoms with Gasteiger partial charge in [0.2, 0.25) is 0 Å². The molecule has 2 aromatic carbocycles. The van der Waals surface area contributed by atoms with Crippen molar-refractivity contribution < 1.29 is 9.84 Å². The number of rotatable bonds is 1. The van der Waals surface area contributed by atoms with E-state index in [0.717, 1.165) is 16.9 Å². The Morgan fingerprint density at radius 2 is 1.65 bits per heavy atom. The van der Waals surface area contributed by atoms with Crippen LogP contribution in [0.2, 0.25) is 0 Å². The van der Waals surface area contributed by atoms with Crippen LogP contribution in [0.4, 0.5) is 0 Å². The minimum atomic E-state index is -0.921. The van der Waals surface area contributed by atoms with Gasteiger partial charge in [0.15, 0.2) is 0 Å². The third-order valence-corrected chi connectivity index (χ3v) is 3.31. The highest BCUT2D eigenvalue weighted by Gasteiger charge is 2.36. The van der Waals surface area contributed by atoms with E-state index in [1.807, 2.05) is 54.6 Å². The standard InChI is InChI=1S/C15H14O2/c16-15(12-6-2-1-3-7-12)10-11-17-14-9-5-4-8-13(14)15/h1-9,16H,10-11H2. The van der Waals surface area contributed by atoms with Crippen LogP contribution in [-0.4, -0.2) is 11.7 Å². The molecule has 0 aliphatic carbocycles. The number of aliphatic hydroxyl groups is 1. The molecule has 2 nitrogen and oxygen atoms in total. The van der Waals surface area contributed by atoms with Gasteiger partial charge in [-0.25, -0.2) is 0 Å². The summed E-state index contributed by atoms with van der Waals surface area (Å²) >= 11 is 0. The van der Waals surface area contributed by atoms with Gasteiger partial charge in [-0.15, -0.1) is 0 Å². The van der Waals surface area contributed by atoms with Crippen molar-refractivity contribution in [2.75, 3.05) is 6.61 Å². The number of para-hydroxylation sites is 1. The van der Waals surface area contributed by atoms with E-state index < -0.39 is 5.60 Å². The van der Waals surface area contributed by atoms with E-state index in [4.69, 9.17) is 4.74 Å². The van der Waals surface area contributed by atoms with E-state index in [1.54, 1.807) is 0 Å². The van der Waals surface area contributed by atoms with E-state index in [1.165, 1.54) is 0 Å². The lowest BCUT2D eigenvalue weighted by molar-refractivity contribution is 0.0349. The SMILES string of the molecule is OC1(c2ccccc2)CCOc2ccccc21. The quantitative estimate of drug-likeness (QED) is 0.810. The topological polar surface area (TPSA) is 29.5 Å². The van der Waals surface area contributed by atoms with Crippen LogP contribution in [0.25, 0.3) is 0 Å². The minimum Gasteiger partial charge on any atom is -0.493 e. The highest BCUT2D eigenvalue weighted by molar-refractivity contribution is 5.46. The summed E-state index contributed by atoms with van der Waals surface area (Å²) in [5.41, 5.74) is 0.865. The summed E-state index contributed by atoms with van der Waals surface area (Å²) in [6, 6.07) is 17.5. The molecule has 1 unspecified atom stereocenters. The predicted molar refractivity (Wildman–Crippen MR) is 66.0 cm³/mol. The monoisotopic (exact) mass is 226 g/mol. The zero-order chi connectivity index (χ0) is 11.7. The van der Waals surface area contributed by atoms with Gasteiger partial charge in [0.05, 0.1) is 6.61 Å². The molecular weight excluding hydrogens is 212 g/mol. The van der Waals surface area contributed by atoms with Crippen LogP contribution < -0.4 is 4.74 Å². The van der Waals surface area contributed by atoms with Crippen LogP contribution in [0.3, 0.4) is 0 Å². The Labute approximate surface area is 100 Å². The van der Waals surface area contributed by atoms with Gasteiger partial charge in [-0.3, -0.25) is 0 Å². The molecule has 0 aromatic heterocycles. The molecule has 1 heterocycles. The summed E-state index contributed by atoms with van der Waals surface area (Å²) in [6.07, 6.45) is 0.591. The predicted octanol–water partition coefficient (Wildman–Crippen LogP) is 2.71. The molecule has 1 aliphatic rings. The van der Waals surface area contributed by atoms with Crippen LogP contribution in [0.1, 0.15) is 17.5 Å². The maximum Gasteiger partial charge on any atom is 0.125 e. The van der Waals surface area contributed by atoms with Crippen LogP contribution in [0.15, 0.2) is 54.6 Å². The first-order chi connectivity index (χ1) is 8.31. The van der Waals surface area contributed by atoms with Gasteiger partial charge in [0.25, 0.3) is 0 Å². The molecule has 1 N–H and O–H groups in total. The van der Waals surface area contributed by atoms with Crippen molar-refractivity contribution in [3.05, 3.63) is 65.7 Å². The molecule has 86 valence electrons. The van der Waals surface area contributed by atoms with Gasteiger partial charge in [-0.1, -0.05) is 48.5 Å². The Kier molecular flexibility index (Phi) is 2.37. The molecule has 0 saturated carbocycles.